The van der Waals surface area contributed by atoms with E-state index in [-0.39, 0.29) is 0 Å². The van der Waals surface area contributed by atoms with Gasteiger partial charge in [-0.25, -0.2) is 0 Å². The van der Waals surface area contributed by atoms with Crippen molar-refractivity contribution in [1.29, 1.82) is 0 Å². The average molecular weight is 365 g/mol. The summed E-state index contributed by atoms with van der Waals surface area (Å²) in [5.41, 5.74) is 0. The van der Waals surface area contributed by atoms with E-state index in [1.807, 2.05) is 4.90 Å². The summed E-state index contributed by atoms with van der Waals surface area (Å²) in [7, 11) is 1.72. The van der Waals surface area contributed by atoms with Crippen LogP contribution in [0.4, 0.5) is 13.2 Å². The monoisotopic (exact) mass is 365 g/mol. The zero-order valence-electron chi connectivity index (χ0n) is 16.4. The Morgan fingerprint density at radius 3 is 1.96 bits per heavy atom. The molecule has 0 aliphatic carbocycles. The lowest BCUT2D eigenvalue weighted by Gasteiger charge is -2.40. The molecule has 8 heteroatoms. The summed E-state index contributed by atoms with van der Waals surface area (Å²) < 4.78 is 38.5. The Morgan fingerprint density at radius 2 is 1.56 bits per heavy atom. The van der Waals surface area contributed by atoms with Crippen LogP contribution in [0.1, 0.15) is 34.6 Å². The second kappa shape index (κ2) is 9.62. The molecule has 0 aromatic heterocycles. The van der Waals surface area contributed by atoms with Gasteiger partial charge in [-0.1, -0.05) is 0 Å². The molecule has 0 aromatic rings. The third-order valence-corrected chi connectivity index (χ3v) is 4.83. The lowest BCUT2D eigenvalue weighted by Crippen LogP contribution is -2.57. The molecule has 0 radical (unpaired) electrons. The molecule has 5 nitrogen and oxygen atoms in total. The molecule has 0 spiro atoms. The van der Waals surface area contributed by atoms with Gasteiger partial charge in [0.1, 0.15) is 6.04 Å². The molecule has 0 aromatic carbocycles. The van der Waals surface area contributed by atoms with E-state index in [0.717, 1.165) is 19.0 Å². The van der Waals surface area contributed by atoms with Crippen LogP contribution in [-0.2, 0) is 0 Å². The standard InChI is InChI=1S/C17H34F3N5/c1-13(2)25(14(3)4)8-7-22-16(21-6)24-11-9-23(10-12-24)15(5)17(18,19)20/h13-15H,7-12H2,1-6H3,(H,21,22). The summed E-state index contributed by atoms with van der Waals surface area (Å²) in [6.07, 6.45) is -4.17. The number of nitrogens with zero attached hydrogens (tertiary/aromatic N) is 4. The van der Waals surface area contributed by atoms with Crippen molar-refractivity contribution in [2.24, 2.45) is 4.99 Å². The summed E-state index contributed by atoms with van der Waals surface area (Å²) in [6, 6.07) is -0.456. The second-order valence-corrected chi connectivity index (χ2v) is 7.14. The van der Waals surface area contributed by atoms with E-state index >= 15 is 0 Å². The van der Waals surface area contributed by atoms with Gasteiger partial charge in [0.05, 0.1) is 0 Å². The number of guanidine groups is 1. The van der Waals surface area contributed by atoms with Gasteiger partial charge in [-0.3, -0.25) is 14.8 Å². The average Bonchev–Trinajstić information content (AvgIpc) is 2.53. The minimum atomic E-state index is -4.17. The van der Waals surface area contributed by atoms with Gasteiger partial charge < -0.3 is 10.2 Å². The van der Waals surface area contributed by atoms with Crippen molar-refractivity contribution in [3.63, 3.8) is 0 Å². The maximum Gasteiger partial charge on any atom is 0.403 e. The highest BCUT2D eigenvalue weighted by Gasteiger charge is 2.41. The molecule has 0 amide bonds. The molecule has 0 bridgehead atoms. The number of alkyl halides is 3. The first-order valence-electron chi connectivity index (χ1n) is 9.10. The van der Waals surface area contributed by atoms with E-state index in [1.54, 1.807) is 7.05 Å². The molecule has 25 heavy (non-hydrogen) atoms. The maximum atomic E-state index is 12.8. The van der Waals surface area contributed by atoms with Gasteiger partial charge >= 0.3 is 6.18 Å². The minimum Gasteiger partial charge on any atom is -0.355 e. The molecular weight excluding hydrogens is 331 g/mol. The summed E-state index contributed by atoms with van der Waals surface area (Å²) in [6.45, 7) is 13.5. The summed E-state index contributed by atoms with van der Waals surface area (Å²) in [5, 5.41) is 3.35. The third kappa shape index (κ3) is 6.66. The first-order valence-corrected chi connectivity index (χ1v) is 9.10. The zero-order valence-corrected chi connectivity index (χ0v) is 16.4. The fourth-order valence-corrected chi connectivity index (χ4v) is 3.27. The van der Waals surface area contributed by atoms with Gasteiger partial charge in [-0.15, -0.1) is 0 Å². The van der Waals surface area contributed by atoms with Crippen LogP contribution < -0.4 is 5.32 Å². The van der Waals surface area contributed by atoms with E-state index in [9.17, 15) is 13.2 Å². The normalized spacial score (nSPS) is 19.2. The fourth-order valence-electron chi connectivity index (χ4n) is 3.27. The molecule has 1 heterocycles. The lowest BCUT2D eigenvalue weighted by atomic mass is 10.2. The Balaban J connectivity index is 2.47. The predicted octanol–water partition coefficient (Wildman–Crippen LogP) is 2.25. The van der Waals surface area contributed by atoms with Crippen molar-refractivity contribution in [3.05, 3.63) is 0 Å². The molecule has 1 atom stereocenters. The summed E-state index contributed by atoms with van der Waals surface area (Å²) in [4.78, 5) is 10.2. The van der Waals surface area contributed by atoms with Gasteiger partial charge in [-0.2, -0.15) is 13.2 Å². The van der Waals surface area contributed by atoms with Crippen molar-refractivity contribution >= 4 is 5.96 Å². The molecule has 1 fully saturated rings. The molecule has 1 saturated heterocycles. The number of hydrogen-bond acceptors (Lipinski definition) is 3. The highest BCUT2D eigenvalue weighted by atomic mass is 19.4. The van der Waals surface area contributed by atoms with Crippen molar-refractivity contribution in [2.45, 2.75) is 58.9 Å². The van der Waals surface area contributed by atoms with Crippen molar-refractivity contribution in [3.8, 4) is 0 Å². The Morgan fingerprint density at radius 1 is 1.04 bits per heavy atom. The van der Waals surface area contributed by atoms with Crippen molar-refractivity contribution in [1.82, 2.24) is 20.0 Å². The Labute approximate surface area is 150 Å². The molecule has 0 saturated carbocycles. The molecule has 1 rings (SSSR count). The third-order valence-electron chi connectivity index (χ3n) is 4.83. The smallest absolute Gasteiger partial charge is 0.355 e. The van der Waals surface area contributed by atoms with Gasteiger partial charge in [0.25, 0.3) is 0 Å². The Kier molecular flexibility index (Phi) is 8.47. The molecule has 148 valence electrons. The molecule has 1 aliphatic heterocycles. The topological polar surface area (TPSA) is 34.1 Å². The largest absolute Gasteiger partial charge is 0.403 e. The van der Waals surface area contributed by atoms with Crippen LogP contribution in [0.15, 0.2) is 4.99 Å². The highest BCUT2D eigenvalue weighted by Crippen LogP contribution is 2.25. The number of halogens is 3. The zero-order chi connectivity index (χ0) is 19.2. The van der Waals surface area contributed by atoms with Gasteiger partial charge in [0, 0.05) is 58.4 Å². The summed E-state index contributed by atoms with van der Waals surface area (Å²) >= 11 is 0. The van der Waals surface area contributed by atoms with E-state index < -0.39 is 12.2 Å². The van der Waals surface area contributed by atoms with Gasteiger partial charge in [0.15, 0.2) is 5.96 Å². The lowest BCUT2D eigenvalue weighted by molar-refractivity contribution is -0.181. The van der Waals surface area contributed by atoms with Crippen LogP contribution >= 0.6 is 0 Å². The van der Waals surface area contributed by atoms with Gasteiger partial charge in [-0.05, 0) is 34.6 Å². The fraction of sp³-hybridized carbons (Fsp3) is 0.941. The summed E-state index contributed by atoms with van der Waals surface area (Å²) in [5.74, 6) is 0.770. The second-order valence-electron chi connectivity index (χ2n) is 7.14. The van der Waals surface area contributed by atoms with Crippen LogP contribution in [0, 0.1) is 0 Å². The van der Waals surface area contributed by atoms with E-state index in [0.29, 0.717) is 38.3 Å². The highest BCUT2D eigenvalue weighted by molar-refractivity contribution is 5.80. The van der Waals surface area contributed by atoms with Crippen LogP contribution in [0.2, 0.25) is 0 Å². The van der Waals surface area contributed by atoms with Crippen LogP contribution in [-0.4, -0.2) is 91.3 Å². The van der Waals surface area contributed by atoms with E-state index in [4.69, 9.17) is 0 Å². The molecular formula is C17H34F3N5. The Hall–Kier alpha value is -1.02. The van der Waals surface area contributed by atoms with E-state index in [1.165, 1.54) is 11.8 Å². The molecule has 1 N–H and O–H groups in total. The first kappa shape index (κ1) is 22.0. The van der Waals surface area contributed by atoms with Gasteiger partial charge in [0.2, 0.25) is 0 Å². The van der Waals surface area contributed by atoms with Crippen LogP contribution in [0.5, 0.6) is 0 Å². The number of nitrogens with one attached hydrogen (secondary N) is 1. The Bertz CT molecular complexity index is 407. The first-order chi connectivity index (χ1) is 11.6. The predicted molar refractivity (Wildman–Crippen MR) is 97.0 cm³/mol. The van der Waals surface area contributed by atoms with E-state index in [2.05, 4.69) is 42.9 Å². The number of piperazine rings is 1. The van der Waals surface area contributed by atoms with Crippen molar-refractivity contribution in [2.75, 3.05) is 46.3 Å². The van der Waals surface area contributed by atoms with Crippen LogP contribution in [0.25, 0.3) is 0 Å². The quantitative estimate of drug-likeness (QED) is 0.578. The number of hydrogen-bond donors (Lipinski definition) is 1. The number of aliphatic imine (C=N–C) groups is 1. The maximum absolute atomic E-state index is 12.8. The SMILES string of the molecule is CN=C(NCCN(C(C)C)C(C)C)N1CCN(C(C)C(F)(F)F)CC1. The van der Waals surface area contributed by atoms with Crippen LogP contribution in [0.3, 0.4) is 0 Å². The minimum absolute atomic E-state index is 0.394. The molecule has 1 unspecified atom stereocenters. The number of rotatable bonds is 6. The van der Waals surface area contributed by atoms with Crippen molar-refractivity contribution < 1.29 is 13.2 Å². The molecule has 1 aliphatic rings.